The summed E-state index contributed by atoms with van der Waals surface area (Å²) >= 11 is 3.20. The van der Waals surface area contributed by atoms with Gasteiger partial charge in [-0.25, -0.2) is 4.39 Å². The molecule has 2 aromatic rings. The second-order valence-corrected chi connectivity index (χ2v) is 5.52. The van der Waals surface area contributed by atoms with Gasteiger partial charge in [0.25, 0.3) is 0 Å². The average molecular weight is 323 g/mol. The smallest absolute Gasteiger partial charge is 0.137 e. The third-order valence-electron chi connectivity index (χ3n) is 2.87. The number of nitrogens with two attached hydrogens (primary N) is 1. The number of rotatable bonds is 4. The van der Waals surface area contributed by atoms with Gasteiger partial charge in [-0.05, 0) is 58.4 Å². The summed E-state index contributed by atoms with van der Waals surface area (Å²) in [5, 5.41) is 0. The van der Waals surface area contributed by atoms with E-state index in [0.29, 0.717) is 4.47 Å². The number of nitrogen functional groups attached to an aromatic ring is 1. The zero-order valence-electron chi connectivity index (χ0n) is 10.7. The number of hydrogen-bond donors (Lipinski definition) is 1. The van der Waals surface area contributed by atoms with Crippen LogP contribution in [0.25, 0.3) is 0 Å². The summed E-state index contributed by atoms with van der Waals surface area (Å²) in [4.78, 5) is 2.17. The molecular formula is C15H16BrFN2. The minimum Gasteiger partial charge on any atom is -0.399 e. The first-order chi connectivity index (χ1) is 9.04. The molecular weight excluding hydrogens is 307 g/mol. The van der Waals surface area contributed by atoms with E-state index < -0.39 is 0 Å². The van der Waals surface area contributed by atoms with Crippen molar-refractivity contribution in [2.75, 3.05) is 12.8 Å². The molecule has 0 unspecified atom stereocenters. The van der Waals surface area contributed by atoms with Crippen LogP contribution in [0, 0.1) is 5.82 Å². The molecule has 2 aromatic carbocycles. The van der Waals surface area contributed by atoms with Crippen LogP contribution < -0.4 is 5.73 Å². The topological polar surface area (TPSA) is 29.3 Å². The highest BCUT2D eigenvalue weighted by Crippen LogP contribution is 2.18. The van der Waals surface area contributed by atoms with Gasteiger partial charge in [0, 0.05) is 18.8 Å². The fourth-order valence-corrected chi connectivity index (χ4v) is 2.37. The normalized spacial score (nSPS) is 10.9. The van der Waals surface area contributed by atoms with E-state index in [1.807, 2.05) is 37.4 Å². The quantitative estimate of drug-likeness (QED) is 0.867. The zero-order chi connectivity index (χ0) is 13.8. The number of halogens is 2. The molecule has 0 aromatic heterocycles. The van der Waals surface area contributed by atoms with Crippen molar-refractivity contribution < 1.29 is 4.39 Å². The molecule has 0 spiro atoms. The van der Waals surface area contributed by atoms with Gasteiger partial charge in [0.1, 0.15) is 5.82 Å². The van der Waals surface area contributed by atoms with Crippen molar-refractivity contribution in [3.8, 4) is 0 Å². The Balaban J connectivity index is 1.98. The number of hydrogen-bond acceptors (Lipinski definition) is 2. The molecule has 0 fully saturated rings. The summed E-state index contributed by atoms with van der Waals surface area (Å²) in [5.41, 5.74) is 8.71. The minimum absolute atomic E-state index is 0.232. The standard InChI is InChI=1S/C15H16BrFN2/c1-19(9-11-2-5-13(18)6-3-11)10-12-4-7-15(17)14(16)8-12/h2-8H,9-10,18H2,1H3. The van der Waals surface area contributed by atoms with Crippen LogP contribution in [-0.2, 0) is 13.1 Å². The van der Waals surface area contributed by atoms with Crippen molar-refractivity contribution in [2.24, 2.45) is 0 Å². The monoisotopic (exact) mass is 322 g/mol. The molecule has 0 aliphatic heterocycles. The fraction of sp³-hybridized carbons (Fsp3) is 0.200. The molecule has 0 saturated heterocycles. The summed E-state index contributed by atoms with van der Waals surface area (Å²) in [7, 11) is 2.04. The molecule has 0 aliphatic rings. The van der Waals surface area contributed by atoms with E-state index >= 15 is 0 Å². The summed E-state index contributed by atoms with van der Waals surface area (Å²) < 4.78 is 13.7. The van der Waals surface area contributed by atoms with Crippen LogP contribution >= 0.6 is 15.9 Å². The van der Waals surface area contributed by atoms with E-state index in [9.17, 15) is 4.39 Å². The predicted octanol–water partition coefficient (Wildman–Crippen LogP) is 3.80. The van der Waals surface area contributed by atoms with Gasteiger partial charge < -0.3 is 5.73 Å². The Morgan fingerprint density at radius 2 is 1.63 bits per heavy atom. The lowest BCUT2D eigenvalue weighted by molar-refractivity contribution is 0.319. The third kappa shape index (κ3) is 4.04. The van der Waals surface area contributed by atoms with Crippen molar-refractivity contribution >= 4 is 21.6 Å². The van der Waals surface area contributed by atoms with Gasteiger partial charge in [-0.1, -0.05) is 18.2 Å². The largest absolute Gasteiger partial charge is 0.399 e. The van der Waals surface area contributed by atoms with E-state index in [1.54, 1.807) is 6.07 Å². The van der Waals surface area contributed by atoms with Crippen molar-refractivity contribution in [3.05, 3.63) is 63.9 Å². The molecule has 0 aliphatic carbocycles. The molecule has 0 amide bonds. The van der Waals surface area contributed by atoms with Gasteiger partial charge in [0.2, 0.25) is 0 Å². The van der Waals surface area contributed by atoms with Gasteiger partial charge in [0.15, 0.2) is 0 Å². The first-order valence-corrected chi connectivity index (χ1v) is 6.81. The van der Waals surface area contributed by atoms with Crippen LogP contribution in [-0.4, -0.2) is 11.9 Å². The number of benzene rings is 2. The fourth-order valence-electron chi connectivity index (χ4n) is 1.94. The van der Waals surface area contributed by atoms with Crippen LogP contribution in [0.15, 0.2) is 46.9 Å². The molecule has 0 atom stereocenters. The lowest BCUT2D eigenvalue weighted by atomic mass is 10.1. The van der Waals surface area contributed by atoms with Crippen molar-refractivity contribution in [1.82, 2.24) is 4.90 Å². The van der Waals surface area contributed by atoms with E-state index in [2.05, 4.69) is 20.8 Å². The molecule has 4 heteroatoms. The second kappa shape index (κ2) is 6.17. The Labute approximate surface area is 121 Å². The Bertz CT molecular complexity index is 555. The van der Waals surface area contributed by atoms with Crippen LogP contribution in [0.2, 0.25) is 0 Å². The van der Waals surface area contributed by atoms with Gasteiger partial charge in [-0.2, -0.15) is 0 Å². The first kappa shape index (κ1) is 14.0. The van der Waals surface area contributed by atoms with Crippen LogP contribution in [0.3, 0.4) is 0 Å². The maximum absolute atomic E-state index is 13.1. The Morgan fingerprint density at radius 1 is 1.05 bits per heavy atom. The highest BCUT2D eigenvalue weighted by molar-refractivity contribution is 9.10. The molecule has 2 rings (SSSR count). The molecule has 0 bridgehead atoms. The first-order valence-electron chi connectivity index (χ1n) is 6.01. The van der Waals surface area contributed by atoms with Crippen LogP contribution in [0.5, 0.6) is 0 Å². The SMILES string of the molecule is CN(Cc1ccc(N)cc1)Cc1ccc(F)c(Br)c1. The van der Waals surface area contributed by atoms with Gasteiger partial charge in [-0.3, -0.25) is 4.90 Å². The van der Waals surface area contributed by atoms with Gasteiger partial charge >= 0.3 is 0 Å². The lowest BCUT2D eigenvalue weighted by Crippen LogP contribution is -2.17. The van der Waals surface area contributed by atoms with E-state index in [4.69, 9.17) is 5.73 Å². The molecule has 0 radical (unpaired) electrons. The second-order valence-electron chi connectivity index (χ2n) is 4.66. The molecule has 0 saturated carbocycles. The Hall–Kier alpha value is -1.39. The lowest BCUT2D eigenvalue weighted by Gasteiger charge is -2.17. The molecule has 19 heavy (non-hydrogen) atoms. The summed E-state index contributed by atoms with van der Waals surface area (Å²) in [5.74, 6) is -0.232. The number of nitrogens with zero attached hydrogens (tertiary/aromatic N) is 1. The highest BCUT2D eigenvalue weighted by atomic mass is 79.9. The van der Waals surface area contributed by atoms with Gasteiger partial charge in [-0.15, -0.1) is 0 Å². The van der Waals surface area contributed by atoms with Gasteiger partial charge in [0.05, 0.1) is 4.47 Å². The van der Waals surface area contributed by atoms with E-state index in [1.165, 1.54) is 11.6 Å². The highest BCUT2D eigenvalue weighted by Gasteiger charge is 2.04. The number of anilines is 1. The van der Waals surface area contributed by atoms with Crippen LogP contribution in [0.1, 0.15) is 11.1 Å². The summed E-state index contributed by atoms with van der Waals surface area (Å²) in [6.45, 7) is 1.60. The zero-order valence-corrected chi connectivity index (χ0v) is 12.3. The summed E-state index contributed by atoms with van der Waals surface area (Å²) in [6, 6.07) is 12.9. The van der Waals surface area contributed by atoms with E-state index in [0.717, 1.165) is 24.3 Å². The Morgan fingerprint density at radius 3 is 2.26 bits per heavy atom. The minimum atomic E-state index is -0.232. The van der Waals surface area contributed by atoms with E-state index in [-0.39, 0.29) is 5.82 Å². The maximum Gasteiger partial charge on any atom is 0.137 e. The van der Waals surface area contributed by atoms with Crippen molar-refractivity contribution in [2.45, 2.75) is 13.1 Å². The summed E-state index contributed by atoms with van der Waals surface area (Å²) in [6.07, 6.45) is 0. The average Bonchev–Trinajstić information content (AvgIpc) is 2.37. The molecule has 100 valence electrons. The van der Waals surface area contributed by atoms with Crippen molar-refractivity contribution in [3.63, 3.8) is 0 Å². The molecule has 0 heterocycles. The Kier molecular flexibility index (Phi) is 4.56. The molecule has 2 N–H and O–H groups in total. The molecule has 2 nitrogen and oxygen atoms in total. The maximum atomic E-state index is 13.1. The van der Waals surface area contributed by atoms with Crippen LogP contribution in [0.4, 0.5) is 10.1 Å². The van der Waals surface area contributed by atoms with Crippen molar-refractivity contribution in [1.29, 1.82) is 0 Å². The third-order valence-corrected chi connectivity index (χ3v) is 3.48. The predicted molar refractivity (Wildman–Crippen MR) is 80.1 cm³/mol.